The average Bonchev–Trinajstić information content (AvgIpc) is 2.98. The quantitative estimate of drug-likeness (QED) is 0.841. The number of nitrogens with two attached hydrogens (primary N) is 1. The second-order valence-corrected chi connectivity index (χ2v) is 5.01. The number of nitrogen functional groups attached to an aromatic ring is 1. The highest BCUT2D eigenvalue weighted by atomic mass is 19.2. The predicted octanol–water partition coefficient (Wildman–Crippen LogP) is 2.28. The molecule has 0 saturated heterocycles. The van der Waals surface area contributed by atoms with Crippen LogP contribution in [0.2, 0.25) is 0 Å². The van der Waals surface area contributed by atoms with Gasteiger partial charge in [0.1, 0.15) is 0 Å². The van der Waals surface area contributed by atoms with Crippen LogP contribution in [0.3, 0.4) is 0 Å². The van der Waals surface area contributed by atoms with Gasteiger partial charge < -0.3 is 10.6 Å². The Morgan fingerprint density at radius 2 is 2.00 bits per heavy atom. The van der Waals surface area contributed by atoms with Gasteiger partial charge in [-0.15, -0.1) is 0 Å². The van der Waals surface area contributed by atoms with Crippen molar-refractivity contribution >= 4 is 11.6 Å². The maximum Gasteiger partial charge on any atom is 0.255 e. The Labute approximate surface area is 105 Å². The Kier molecular flexibility index (Phi) is 3.24. The molecule has 0 aromatic heterocycles. The standard InChI is InChI=1S/C13H16F2N2O/c1-7-3-8(7)6-17(2)13(18)9-4-10(14)11(15)5-12(9)16/h4-5,7-8H,3,6,16H2,1-2H3. The second-order valence-electron chi connectivity index (χ2n) is 5.01. The van der Waals surface area contributed by atoms with Gasteiger partial charge in [-0.1, -0.05) is 6.92 Å². The molecular weight excluding hydrogens is 238 g/mol. The van der Waals surface area contributed by atoms with Gasteiger partial charge >= 0.3 is 0 Å². The molecule has 18 heavy (non-hydrogen) atoms. The molecule has 1 aromatic carbocycles. The SMILES string of the molecule is CC1CC1CN(C)C(=O)c1cc(F)c(F)cc1N. The number of benzene rings is 1. The summed E-state index contributed by atoms with van der Waals surface area (Å²) in [4.78, 5) is 13.6. The van der Waals surface area contributed by atoms with Crippen LogP contribution in [0.5, 0.6) is 0 Å². The Balaban J connectivity index is 2.15. The molecule has 1 fully saturated rings. The van der Waals surface area contributed by atoms with E-state index in [-0.39, 0.29) is 17.2 Å². The van der Waals surface area contributed by atoms with Crippen LogP contribution < -0.4 is 5.73 Å². The maximum absolute atomic E-state index is 13.1. The molecule has 2 unspecified atom stereocenters. The summed E-state index contributed by atoms with van der Waals surface area (Å²) in [6.45, 7) is 2.74. The van der Waals surface area contributed by atoms with Crippen molar-refractivity contribution in [2.24, 2.45) is 11.8 Å². The summed E-state index contributed by atoms with van der Waals surface area (Å²) in [5.41, 5.74) is 5.53. The van der Waals surface area contributed by atoms with Gasteiger partial charge in [-0.25, -0.2) is 8.78 Å². The number of nitrogens with zero attached hydrogens (tertiary/aromatic N) is 1. The van der Waals surface area contributed by atoms with Crippen molar-refractivity contribution in [1.29, 1.82) is 0 Å². The van der Waals surface area contributed by atoms with E-state index < -0.39 is 11.6 Å². The minimum absolute atomic E-state index is 0.0182. The summed E-state index contributed by atoms with van der Waals surface area (Å²) in [6, 6.07) is 1.70. The Morgan fingerprint density at radius 3 is 2.56 bits per heavy atom. The fourth-order valence-electron chi connectivity index (χ4n) is 2.04. The number of hydrogen-bond acceptors (Lipinski definition) is 2. The van der Waals surface area contributed by atoms with Gasteiger partial charge in [-0.3, -0.25) is 4.79 Å². The van der Waals surface area contributed by atoms with Gasteiger partial charge in [0, 0.05) is 25.3 Å². The summed E-state index contributed by atoms with van der Waals surface area (Å²) in [5.74, 6) is -1.33. The van der Waals surface area contributed by atoms with Gasteiger partial charge in [-0.05, 0) is 24.3 Å². The highest BCUT2D eigenvalue weighted by Crippen LogP contribution is 2.38. The van der Waals surface area contributed by atoms with Crippen LogP contribution in [0.4, 0.5) is 14.5 Å². The van der Waals surface area contributed by atoms with Crippen LogP contribution in [-0.2, 0) is 0 Å². The summed E-state index contributed by atoms with van der Waals surface area (Å²) in [7, 11) is 1.65. The van der Waals surface area contributed by atoms with E-state index in [0.717, 1.165) is 18.6 Å². The van der Waals surface area contributed by atoms with Crippen molar-refractivity contribution in [2.75, 3.05) is 19.3 Å². The number of halogens is 2. The van der Waals surface area contributed by atoms with Crippen molar-refractivity contribution in [3.05, 3.63) is 29.3 Å². The fourth-order valence-corrected chi connectivity index (χ4v) is 2.04. The van der Waals surface area contributed by atoms with Crippen molar-refractivity contribution in [3.8, 4) is 0 Å². The lowest BCUT2D eigenvalue weighted by Crippen LogP contribution is -2.29. The molecule has 5 heteroatoms. The predicted molar refractivity (Wildman–Crippen MR) is 65.0 cm³/mol. The molecule has 0 radical (unpaired) electrons. The summed E-state index contributed by atoms with van der Waals surface area (Å²) < 4.78 is 26.0. The monoisotopic (exact) mass is 254 g/mol. The third-order valence-corrected chi connectivity index (χ3v) is 3.45. The molecule has 2 rings (SSSR count). The summed E-state index contributed by atoms with van der Waals surface area (Å²) in [5, 5.41) is 0. The summed E-state index contributed by atoms with van der Waals surface area (Å²) >= 11 is 0. The molecule has 2 N–H and O–H groups in total. The normalized spacial score (nSPS) is 21.8. The smallest absolute Gasteiger partial charge is 0.255 e. The number of anilines is 1. The number of hydrogen-bond donors (Lipinski definition) is 1. The molecular formula is C13H16F2N2O. The molecule has 0 spiro atoms. The van der Waals surface area contributed by atoms with Gasteiger partial charge in [-0.2, -0.15) is 0 Å². The van der Waals surface area contributed by atoms with E-state index in [1.165, 1.54) is 4.90 Å². The van der Waals surface area contributed by atoms with E-state index >= 15 is 0 Å². The van der Waals surface area contributed by atoms with Crippen LogP contribution in [0.15, 0.2) is 12.1 Å². The first-order chi connectivity index (χ1) is 8.40. The number of rotatable bonds is 3. The van der Waals surface area contributed by atoms with Gasteiger partial charge in [0.25, 0.3) is 5.91 Å². The van der Waals surface area contributed by atoms with Crippen LogP contribution in [0.1, 0.15) is 23.7 Å². The van der Waals surface area contributed by atoms with Crippen LogP contribution in [0, 0.1) is 23.5 Å². The lowest BCUT2D eigenvalue weighted by molar-refractivity contribution is 0.0787. The third-order valence-electron chi connectivity index (χ3n) is 3.45. The highest BCUT2D eigenvalue weighted by Gasteiger charge is 2.34. The van der Waals surface area contributed by atoms with Gasteiger partial charge in [0.05, 0.1) is 5.56 Å². The Bertz CT molecular complexity index is 490. The van der Waals surface area contributed by atoms with E-state index in [4.69, 9.17) is 5.73 Å². The molecule has 1 aromatic rings. The van der Waals surface area contributed by atoms with Crippen molar-refractivity contribution in [1.82, 2.24) is 4.90 Å². The largest absolute Gasteiger partial charge is 0.398 e. The van der Waals surface area contributed by atoms with Crippen molar-refractivity contribution in [2.45, 2.75) is 13.3 Å². The van der Waals surface area contributed by atoms with E-state index in [9.17, 15) is 13.6 Å². The fraction of sp³-hybridized carbons (Fsp3) is 0.462. The first kappa shape index (κ1) is 12.8. The molecule has 0 heterocycles. The zero-order chi connectivity index (χ0) is 13.4. The minimum atomic E-state index is -1.05. The number of carbonyl (C=O) groups is 1. The lowest BCUT2D eigenvalue weighted by Gasteiger charge is -2.18. The highest BCUT2D eigenvalue weighted by molar-refractivity contribution is 5.99. The molecule has 98 valence electrons. The zero-order valence-electron chi connectivity index (χ0n) is 10.4. The second kappa shape index (κ2) is 4.55. The van der Waals surface area contributed by atoms with Crippen LogP contribution in [-0.4, -0.2) is 24.4 Å². The van der Waals surface area contributed by atoms with E-state index in [2.05, 4.69) is 6.92 Å². The van der Waals surface area contributed by atoms with Crippen LogP contribution in [0.25, 0.3) is 0 Å². The summed E-state index contributed by atoms with van der Waals surface area (Å²) in [6.07, 6.45) is 1.10. The average molecular weight is 254 g/mol. The van der Waals surface area contributed by atoms with Crippen LogP contribution >= 0.6 is 0 Å². The third kappa shape index (κ3) is 2.44. The minimum Gasteiger partial charge on any atom is -0.398 e. The molecule has 0 aliphatic heterocycles. The van der Waals surface area contributed by atoms with E-state index in [1.54, 1.807) is 7.05 Å². The molecule has 2 atom stereocenters. The van der Waals surface area contributed by atoms with E-state index in [1.807, 2.05) is 0 Å². The first-order valence-corrected chi connectivity index (χ1v) is 5.90. The molecule has 0 bridgehead atoms. The molecule has 1 aliphatic rings. The number of amides is 1. The maximum atomic E-state index is 13.1. The Hall–Kier alpha value is -1.65. The lowest BCUT2D eigenvalue weighted by atomic mass is 10.1. The Morgan fingerprint density at radius 1 is 1.44 bits per heavy atom. The number of carbonyl (C=O) groups excluding carboxylic acids is 1. The zero-order valence-corrected chi connectivity index (χ0v) is 10.4. The van der Waals surface area contributed by atoms with Crippen molar-refractivity contribution < 1.29 is 13.6 Å². The molecule has 1 amide bonds. The van der Waals surface area contributed by atoms with Crippen molar-refractivity contribution in [3.63, 3.8) is 0 Å². The first-order valence-electron chi connectivity index (χ1n) is 5.90. The topological polar surface area (TPSA) is 46.3 Å². The van der Waals surface area contributed by atoms with Gasteiger partial charge in [0.2, 0.25) is 0 Å². The molecule has 1 saturated carbocycles. The van der Waals surface area contributed by atoms with Gasteiger partial charge in [0.15, 0.2) is 11.6 Å². The molecule has 3 nitrogen and oxygen atoms in total. The molecule has 1 aliphatic carbocycles. The van der Waals surface area contributed by atoms with E-state index in [0.29, 0.717) is 18.4 Å².